The van der Waals surface area contributed by atoms with Crippen molar-refractivity contribution >= 4 is 24.0 Å². The Labute approximate surface area is 230 Å². The highest BCUT2D eigenvalue weighted by molar-refractivity contribution is 7.71. The number of ether oxygens (including phenoxy) is 1. The van der Waals surface area contributed by atoms with Gasteiger partial charge in [0.1, 0.15) is 6.04 Å². The van der Waals surface area contributed by atoms with Crippen LogP contribution >= 0.6 is 12.2 Å². The van der Waals surface area contributed by atoms with Gasteiger partial charge in [-0.3, -0.25) is 9.59 Å². The number of amides is 2. The minimum Gasteiger partial charge on any atom is -0.492 e. The molecule has 38 heavy (non-hydrogen) atoms. The number of imidazole rings is 1. The molecule has 1 saturated heterocycles. The van der Waals surface area contributed by atoms with Gasteiger partial charge in [-0.05, 0) is 68.1 Å². The second-order valence-corrected chi connectivity index (χ2v) is 11.0. The molecule has 3 N–H and O–H groups in total. The van der Waals surface area contributed by atoms with E-state index in [1.54, 1.807) is 0 Å². The van der Waals surface area contributed by atoms with E-state index in [0.29, 0.717) is 38.0 Å². The summed E-state index contributed by atoms with van der Waals surface area (Å²) in [5.74, 6) is -0.730. The summed E-state index contributed by atoms with van der Waals surface area (Å²) in [5, 5.41) is 12.4. The molecule has 0 bridgehead atoms. The molecule has 0 saturated carbocycles. The Balaban J connectivity index is 1.93. The van der Waals surface area contributed by atoms with Crippen LogP contribution in [0.1, 0.15) is 89.8 Å². The number of benzene rings is 1. The zero-order chi connectivity index (χ0) is 27.7. The average molecular weight is 547 g/mol. The summed E-state index contributed by atoms with van der Waals surface area (Å²) >= 11 is 5.54. The molecule has 2 amide bonds. The Morgan fingerprint density at radius 3 is 2.55 bits per heavy atom. The van der Waals surface area contributed by atoms with Gasteiger partial charge in [-0.25, -0.2) is 15.3 Å². The highest BCUT2D eigenvalue weighted by Crippen LogP contribution is 2.27. The van der Waals surface area contributed by atoms with E-state index in [4.69, 9.17) is 21.8 Å². The van der Waals surface area contributed by atoms with Gasteiger partial charge in [0.15, 0.2) is 11.1 Å². The summed E-state index contributed by atoms with van der Waals surface area (Å²) in [7, 11) is 0. The van der Waals surface area contributed by atoms with Crippen molar-refractivity contribution in [1.29, 1.82) is 0 Å². The molecule has 3 rings (SSSR count). The number of rotatable bonds is 13. The minimum absolute atomic E-state index is 0.0669. The van der Waals surface area contributed by atoms with Crippen molar-refractivity contribution < 1.29 is 24.3 Å². The summed E-state index contributed by atoms with van der Waals surface area (Å²) in [6.45, 7) is 8.48. The van der Waals surface area contributed by atoms with Crippen molar-refractivity contribution in [2.75, 3.05) is 11.6 Å². The number of nitrogens with zero attached hydrogens (tertiary/aromatic N) is 2. The second-order valence-electron chi connectivity index (χ2n) is 10.6. The van der Waals surface area contributed by atoms with Crippen molar-refractivity contribution in [2.45, 2.75) is 97.3 Å². The highest BCUT2D eigenvalue weighted by atomic mass is 32.1. The first kappa shape index (κ1) is 29.9. The maximum absolute atomic E-state index is 13.7. The molecule has 0 unspecified atom stereocenters. The van der Waals surface area contributed by atoms with E-state index in [1.165, 1.54) is 9.69 Å². The maximum atomic E-state index is 13.7. The van der Waals surface area contributed by atoms with E-state index in [9.17, 15) is 14.7 Å². The number of aromatic hydroxyl groups is 1. The van der Waals surface area contributed by atoms with Gasteiger partial charge in [-0.2, -0.15) is 4.68 Å². The Hall–Kier alpha value is -2.69. The molecule has 2 atom stereocenters. The first-order chi connectivity index (χ1) is 18.2. The molecule has 10 heteroatoms. The third kappa shape index (κ3) is 8.15. The van der Waals surface area contributed by atoms with E-state index >= 15 is 0 Å². The lowest BCUT2D eigenvalue weighted by atomic mass is 10.0. The predicted molar refractivity (Wildman–Crippen MR) is 149 cm³/mol. The number of hydrogen-bond acceptors (Lipinski definition) is 6. The molecule has 0 radical (unpaired) electrons. The van der Waals surface area contributed by atoms with Gasteiger partial charge in [0.2, 0.25) is 11.8 Å². The third-order valence-electron chi connectivity index (χ3n) is 6.67. The van der Waals surface area contributed by atoms with Crippen LogP contribution in [-0.4, -0.2) is 45.5 Å². The van der Waals surface area contributed by atoms with Crippen LogP contribution in [0.5, 0.6) is 5.88 Å². The fourth-order valence-electron chi connectivity index (χ4n) is 4.49. The molecule has 0 spiro atoms. The van der Waals surface area contributed by atoms with Gasteiger partial charge in [-0.1, -0.05) is 58.0 Å². The normalized spacial score (nSPS) is 16.5. The van der Waals surface area contributed by atoms with Crippen molar-refractivity contribution in [1.82, 2.24) is 15.1 Å². The SMILES string of the molecule is CC(C)CCC(=O)N([C@@H](CCCc1ccccc1)C(=O)NO[C@@H]1CCCCO1)n1c(O)c(C(C)C)[nH]c1=S. The number of nitrogens with one attached hydrogen (secondary N) is 2. The number of hydroxylamine groups is 1. The van der Waals surface area contributed by atoms with Gasteiger partial charge in [0, 0.05) is 19.4 Å². The molecule has 210 valence electrons. The summed E-state index contributed by atoms with van der Waals surface area (Å²) in [5.41, 5.74) is 4.19. The van der Waals surface area contributed by atoms with Gasteiger partial charge in [0.05, 0.1) is 5.69 Å². The van der Waals surface area contributed by atoms with E-state index in [0.717, 1.165) is 24.8 Å². The van der Waals surface area contributed by atoms with E-state index in [2.05, 4.69) is 10.5 Å². The molecule has 0 aliphatic carbocycles. The lowest BCUT2D eigenvalue weighted by Gasteiger charge is -2.32. The molecule has 1 aliphatic heterocycles. The highest BCUT2D eigenvalue weighted by Gasteiger charge is 2.35. The topological polar surface area (TPSA) is 109 Å². The summed E-state index contributed by atoms with van der Waals surface area (Å²) < 4.78 is 7.02. The van der Waals surface area contributed by atoms with Crippen LogP contribution in [0.2, 0.25) is 0 Å². The van der Waals surface area contributed by atoms with Crippen LogP contribution in [0.25, 0.3) is 0 Å². The average Bonchev–Trinajstić information content (AvgIpc) is 3.20. The summed E-state index contributed by atoms with van der Waals surface area (Å²) in [6.07, 6.45) is 4.59. The number of carbonyl (C=O) groups is 2. The maximum Gasteiger partial charge on any atom is 0.268 e. The molecule has 9 nitrogen and oxygen atoms in total. The van der Waals surface area contributed by atoms with Crippen LogP contribution in [0.15, 0.2) is 30.3 Å². The minimum atomic E-state index is -0.963. The molecule has 1 fully saturated rings. The van der Waals surface area contributed by atoms with Gasteiger partial charge in [-0.15, -0.1) is 0 Å². The Kier molecular flexibility index (Phi) is 11.4. The lowest BCUT2D eigenvalue weighted by Crippen LogP contribution is -2.55. The van der Waals surface area contributed by atoms with E-state index in [-0.39, 0.29) is 34.8 Å². The summed E-state index contributed by atoms with van der Waals surface area (Å²) in [4.78, 5) is 35.9. The van der Waals surface area contributed by atoms with E-state index < -0.39 is 18.2 Å². The number of aryl methyl sites for hydroxylation is 1. The van der Waals surface area contributed by atoms with Crippen molar-refractivity contribution in [3.63, 3.8) is 0 Å². The second kappa shape index (κ2) is 14.5. The van der Waals surface area contributed by atoms with Crippen molar-refractivity contribution in [3.05, 3.63) is 46.4 Å². The number of aromatic amines is 1. The monoisotopic (exact) mass is 546 g/mol. The van der Waals surface area contributed by atoms with Crippen LogP contribution in [0, 0.1) is 10.7 Å². The Bertz CT molecular complexity index is 1090. The van der Waals surface area contributed by atoms with E-state index in [1.807, 2.05) is 58.0 Å². The molecular formula is C28H42N4O5S. The molecule has 2 heterocycles. The van der Waals surface area contributed by atoms with Crippen molar-refractivity contribution in [2.24, 2.45) is 5.92 Å². The van der Waals surface area contributed by atoms with Gasteiger partial charge in [0.25, 0.3) is 5.91 Å². The number of H-pyrrole nitrogens is 1. The standard InChI is InChI=1S/C28H42N4O5S/c1-19(2)16-17-23(33)31(32-27(35)25(20(3)4)29-28(32)38)22(14-10-13-21-11-6-5-7-12-21)26(34)30-37-24-15-8-9-18-36-24/h5-7,11-12,19-20,22,24,35H,8-10,13-18H2,1-4H3,(H,29,38)(H,30,34)/t22-,24+/m0/s1. The molecule has 2 aromatic rings. The fourth-order valence-corrected chi connectivity index (χ4v) is 4.78. The first-order valence-electron chi connectivity index (χ1n) is 13.7. The molecule has 1 aromatic heterocycles. The fraction of sp³-hybridized carbons (Fsp3) is 0.607. The Morgan fingerprint density at radius 2 is 1.95 bits per heavy atom. The first-order valence-corrected chi connectivity index (χ1v) is 14.1. The quantitative estimate of drug-likeness (QED) is 0.234. The predicted octanol–water partition coefficient (Wildman–Crippen LogP) is 5.24. The summed E-state index contributed by atoms with van der Waals surface area (Å²) in [6, 6.07) is 9.02. The zero-order valence-electron chi connectivity index (χ0n) is 22.9. The van der Waals surface area contributed by atoms with Crippen LogP contribution in [0.3, 0.4) is 0 Å². The number of aromatic nitrogens is 2. The molecule has 1 aliphatic rings. The number of hydrogen-bond donors (Lipinski definition) is 3. The Morgan fingerprint density at radius 1 is 1.21 bits per heavy atom. The third-order valence-corrected chi connectivity index (χ3v) is 6.95. The number of carbonyl (C=O) groups excluding carboxylic acids is 2. The molecule has 1 aromatic carbocycles. The largest absolute Gasteiger partial charge is 0.492 e. The van der Waals surface area contributed by atoms with Gasteiger partial charge < -0.3 is 14.8 Å². The lowest BCUT2D eigenvalue weighted by molar-refractivity contribution is -0.201. The smallest absolute Gasteiger partial charge is 0.268 e. The zero-order valence-corrected chi connectivity index (χ0v) is 23.8. The molecular weight excluding hydrogens is 504 g/mol. The van der Waals surface area contributed by atoms with Crippen LogP contribution in [-0.2, 0) is 25.6 Å². The van der Waals surface area contributed by atoms with Crippen LogP contribution in [0.4, 0.5) is 0 Å². The van der Waals surface area contributed by atoms with Gasteiger partial charge >= 0.3 is 0 Å². The van der Waals surface area contributed by atoms with Crippen LogP contribution < -0.4 is 10.5 Å². The van der Waals surface area contributed by atoms with Crippen molar-refractivity contribution in [3.8, 4) is 5.88 Å².